The Morgan fingerprint density at radius 3 is 2.52 bits per heavy atom. The van der Waals surface area contributed by atoms with E-state index < -0.39 is 11.6 Å². The van der Waals surface area contributed by atoms with Crippen molar-refractivity contribution in [3.05, 3.63) is 53.2 Å². The van der Waals surface area contributed by atoms with Gasteiger partial charge in [0.05, 0.1) is 6.54 Å². The first-order valence-electron chi connectivity index (χ1n) is 7.95. The van der Waals surface area contributed by atoms with Gasteiger partial charge in [-0.05, 0) is 18.2 Å². The summed E-state index contributed by atoms with van der Waals surface area (Å²) in [6.07, 6.45) is 2.39. The smallest absolute Gasteiger partial charge is 0.246 e. The van der Waals surface area contributed by atoms with Crippen LogP contribution in [0.15, 0.2) is 28.8 Å². The average Bonchev–Trinajstić information content (AvgIpc) is 3.00. The molecule has 2 aromatic rings. The minimum absolute atomic E-state index is 0.207. The highest BCUT2D eigenvalue weighted by atomic mass is 19.1. The maximum Gasteiger partial charge on any atom is 0.246 e. The van der Waals surface area contributed by atoms with Crippen LogP contribution in [0.3, 0.4) is 0 Å². The molecule has 1 amide bonds. The van der Waals surface area contributed by atoms with Gasteiger partial charge in [-0.15, -0.1) is 0 Å². The summed E-state index contributed by atoms with van der Waals surface area (Å²) in [5.41, 5.74) is -0.207. The first-order chi connectivity index (χ1) is 12.0. The summed E-state index contributed by atoms with van der Waals surface area (Å²) in [7, 11) is 0. The Hall–Kier alpha value is -2.61. The molecule has 2 heterocycles. The zero-order valence-corrected chi connectivity index (χ0v) is 13.8. The molecule has 3 rings (SSSR count). The van der Waals surface area contributed by atoms with E-state index in [-0.39, 0.29) is 11.5 Å². The van der Waals surface area contributed by atoms with Gasteiger partial charge in [0.15, 0.2) is 5.82 Å². The van der Waals surface area contributed by atoms with Gasteiger partial charge in [0.25, 0.3) is 0 Å². The Morgan fingerprint density at radius 1 is 1.24 bits per heavy atom. The summed E-state index contributed by atoms with van der Waals surface area (Å²) in [5, 5.41) is 3.85. The van der Waals surface area contributed by atoms with E-state index in [2.05, 4.69) is 15.0 Å². The number of piperazine rings is 1. The predicted molar refractivity (Wildman–Crippen MR) is 86.3 cm³/mol. The van der Waals surface area contributed by atoms with Gasteiger partial charge in [-0.2, -0.15) is 4.98 Å². The Bertz CT molecular complexity index is 762. The van der Waals surface area contributed by atoms with E-state index in [4.69, 9.17) is 4.52 Å². The number of nitrogens with zero attached hydrogens (tertiary/aromatic N) is 4. The van der Waals surface area contributed by atoms with Gasteiger partial charge in [-0.25, -0.2) is 8.78 Å². The van der Waals surface area contributed by atoms with Crippen molar-refractivity contribution >= 4 is 12.0 Å². The third-order valence-corrected chi connectivity index (χ3v) is 4.01. The van der Waals surface area contributed by atoms with Crippen molar-refractivity contribution in [3.63, 3.8) is 0 Å². The lowest BCUT2D eigenvalue weighted by Crippen LogP contribution is -2.47. The zero-order chi connectivity index (χ0) is 17.8. The molecule has 132 valence electrons. The molecule has 0 spiro atoms. The summed E-state index contributed by atoms with van der Waals surface area (Å²) < 4.78 is 32.1. The molecule has 1 aromatic carbocycles. The van der Waals surface area contributed by atoms with Crippen molar-refractivity contribution in [2.24, 2.45) is 0 Å². The highest BCUT2D eigenvalue weighted by Crippen LogP contribution is 2.14. The van der Waals surface area contributed by atoms with Crippen LogP contribution in [0.2, 0.25) is 0 Å². The Labute approximate surface area is 143 Å². The van der Waals surface area contributed by atoms with Gasteiger partial charge >= 0.3 is 0 Å². The minimum Gasteiger partial charge on any atom is -0.340 e. The molecule has 0 N–H and O–H groups in total. The lowest BCUT2D eigenvalue weighted by molar-refractivity contribution is -0.127. The van der Waals surface area contributed by atoms with Gasteiger partial charge in [0.1, 0.15) is 11.6 Å². The highest BCUT2D eigenvalue weighted by molar-refractivity contribution is 5.91. The molecule has 1 aliphatic rings. The van der Waals surface area contributed by atoms with E-state index in [9.17, 15) is 13.6 Å². The van der Waals surface area contributed by atoms with Crippen LogP contribution in [0, 0.1) is 18.6 Å². The van der Waals surface area contributed by atoms with Crippen LogP contribution in [0.25, 0.3) is 6.08 Å². The Balaban J connectivity index is 1.54. The number of hydrogen-bond donors (Lipinski definition) is 0. The van der Waals surface area contributed by atoms with Gasteiger partial charge in [-0.3, -0.25) is 9.69 Å². The second-order valence-corrected chi connectivity index (χ2v) is 5.80. The maximum atomic E-state index is 13.6. The normalized spacial score (nSPS) is 15.9. The SMILES string of the molecule is Cc1nc(CN2CCN(C(=O)/C=C/c3c(F)cccc3F)CC2)no1. The maximum absolute atomic E-state index is 13.6. The monoisotopic (exact) mass is 348 g/mol. The van der Waals surface area contributed by atoms with Gasteiger partial charge in [0, 0.05) is 44.7 Å². The first kappa shape index (κ1) is 17.2. The number of carbonyl (C=O) groups is 1. The molecule has 6 nitrogen and oxygen atoms in total. The molecule has 0 radical (unpaired) electrons. The number of benzene rings is 1. The van der Waals surface area contributed by atoms with Gasteiger partial charge < -0.3 is 9.42 Å². The fourth-order valence-electron chi connectivity index (χ4n) is 2.66. The van der Waals surface area contributed by atoms with Crippen molar-refractivity contribution in [1.82, 2.24) is 19.9 Å². The molecule has 1 aliphatic heterocycles. The third kappa shape index (κ3) is 4.27. The van der Waals surface area contributed by atoms with Crippen LogP contribution in [-0.2, 0) is 11.3 Å². The molecule has 0 atom stereocenters. The first-order valence-corrected chi connectivity index (χ1v) is 7.95. The topological polar surface area (TPSA) is 62.5 Å². The van der Waals surface area contributed by atoms with Crippen LogP contribution >= 0.6 is 0 Å². The van der Waals surface area contributed by atoms with Crippen molar-refractivity contribution in [2.75, 3.05) is 26.2 Å². The number of hydrogen-bond acceptors (Lipinski definition) is 5. The van der Waals surface area contributed by atoms with Gasteiger partial charge in [0.2, 0.25) is 11.8 Å². The van der Waals surface area contributed by atoms with E-state index in [1.807, 2.05) is 0 Å². The molecule has 1 saturated heterocycles. The molecule has 8 heteroatoms. The molecule has 1 fully saturated rings. The van der Waals surface area contributed by atoms with E-state index in [1.165, 1.54) is 18.2 Å². The fourth-order valence-corrected chi connectivity index (χ4v) is 2.66. The van der Waals surface area contributed by atoms with Crippen LogP contribution in [-0.4, -0.2) is 52.0 Å². The van der Waals surface area contributed by atoms with E-state index >= 15 is 0 Å². The van der Waals surface area contributed by atoms with Crippen molar-refractivity contribution in [1.29, 1.82) is 0 Å². The molecule has 0 bridgehead atoms. The average molecular weight is 348 g/mol. The summed E-state index contributed by atoms with van der Waals surface area (Å²) in [6.45, 7) is 4.69. The van der Waals surface area contributed by atoms with E-state index in [1.54, 1.807) is 11.8 Å². The number of carbonyl (C=O) groups excluding carboxylic acids is 1. The molecule has 0 aliphatic carbocycles. The molecule has 25 heavy (non-hydrogen) atoms. The fraction of sp³-hybridized carbons (Fsp3) is 0.353. The standard InChI is InChI=1S/C17H18F2N4O2/c1-12-20-16(21-25-12)11-22-7-9-23(10-8-22)17(24)6-5-13-14(18)3-2-4-15(13)19/h2-6H,7-11H2,1H3/b6-5+. The van der Waals surface area contributed by atoms with Crippen LogP contribution in [0.1, 0.15) is 17.3 Å². The molecular formula is C17H18F2N4O2. The Morgan fingerprint density at radius 2 is 1.92 bits per heavy atom. The summed E-state index contributed by atoms with van der Waals surface area (Å²) in [4.78, 5) is 20.1. The highest BCUT2D eigenvalue weighted by Gasteiger charge is 2.21. The van der Waals surface area contributed by atoms with Crippen molar-refractivity contribution < 1.29 is 18.1 Å². The quantitative estimate of drug-likeness (QED) is 0.791. The summed E-state index contributed by atoms with van der Waals surface area (Å²) in [6, 6.07) is 3.60. The van der Waals surface area contributed by atoms with Crippen LogP contribution < -0.4 is 0 Å². The van der Waals surface area contributed by atoms with Gasteiger partial charge in [-0.1, -0.05) is 11.2 Å². The Kier molecular flexibility index (Phi) is 5.18. The number of aromatic nitrogens is 2. The largest absolute Gasteiger partial charge is 0.340 e. The number of halogens is 2. The van der Waals surface area contributed by atoms with Crippen molar-refractivity contribution in [3.8, 4) is 0 Å². The van der Waals surface area contributed by atoms with Crippen LogP contribution in [0.4, 0.5) is 8.78 Å². The number of aryl methyl sites for hydroxylation is 1. The molecular weight excluding hydrogens is 330 g/mol. The summed E-state index contributed by atoms with van der Waals surface area (Å²) >= 11 is 0. The van der Waals surface area contributed by atoms with Crippen LogP contribution in [0.5, 0.6) is 0 Å². The van der Waals surface area contributed by atoms with E-state index in [0.717, 1.165) is 12.1 Å². The van der Waals surface area contributed by atoms with E-state index in [0.29, 0.717) is 44.4 Å². The lowest BCUT2D eigenvalue weighted by atomic mass is 10.2. The molecule has 0 saturated carbocycles. The predicted octanol–water partition coefficient (Wildman–Crippen LogP) is 2.01. The zero-order valence-electron chi connectivity index (χ0n) is 13.8. The second kappa shape index (κ2) is 7.52. The number of amides is 1. The number of rotatable bonds is 4. The second-order valence-electron chi connectivity index (χ2n) is 5.80. The molecule has 0 unspecified atom stereocenters. The minimum atomic E-state index is -0.690. The molecule has 1 aromatic heterocycles. The summed E-state index contributed by atoms with van der Waals surface area (Å²) in [5.74, 6) is -0.507. The van der Waals surface area contributed by atoms with Crippen molar-refractivity contribution in [2.45, 2.75) is 13.5 Å². The third-order valence-electron chi connectivity index (χ3n) is 4.01. The lowest BCUT2D eigenvalue weighted by Gasteiger charge is -2.33.